The van der Waals surface area contributed by atoms with Gasteiger partial charge in [0.25, 0.3) is 0 Å². The second-order valence-electron chi connectivity index (χ2n) is 7.01. The number of ketones is 1. The molecule has 0 aliphatic heterocycles. The number of methoxy groups -OCH3 is 3. The Morgan fingerprint density at radius 3 is 2.16 bits per heavy atom. The van der Waals surface area contributed by atoms with Gasteiger partial charge in [-0.25, -0.2) is 0 Å². The van der Waals surface area contributed by atoms with Gasteiger partial charge in [-0.3, -0.25) is 4.79 Å². The first-order chi connectivity index (χ1) is 15.2. The van der Waals surface area contributed by atoms with Crippen molar-refractivity contribution < 1.29 is 19.0 Å². The van der Waals surface area contributed by atoms with E-state index in [-0.39, 0.29) is 5.78 Å². The highest BCUT2D eigenvalue weighted by molar-refractivity contribution is 6.11. The number of aromatic nitrogens is 1. The molecule has 0 radical (unpaired) electrons. The molecule has 0 amide bonds. The van der Waals surface area contributed by atoms with Crippen LogP contribution in [0, 0.1) is 0 Å². The van der Waals surface area contributed by atoms with Crippen LogP contribution in [-0.2, 0) is 0 Å². The molecule has 1 atom stereocenters. The predicted octanol–water partition coefficient (Wildman–Crippen LogP) is 5.23. The van der Waals surface area contributed by atoms with Gasteiger partial charge in [-0.15, -0.1) is 0 Å². The van der Waals surface area contributed by atoms with Crippen molar-refractivity contribution in [1.29, 1.82) is 0 Å². The van der Waals surface area contributed by atoms with E-state index in [4.69, 9.17) is 14.2 Å². The van der Waals surface area contributed by atoms with Crippen molar-refractivity contribution in [2.75, 3.05) is 26.6 Å². The second-order valence-corrected chi connectivity index (χ2v) is 7.01. The molecule has 0 aliphatic carbocycles. The molecule has 31 heavy (non-hydrogen) atoms. The van der Waals surface area contributed by atoms with Gasteiger partial charge in [0, 0.05) is 40.5 Å². The summed E-state index contributed by atoms with van der Waals surface area (Å²) in [6, 6.07) is 20.4. The highest BCUT2D eigenvalue weighted by Gasteiger charge is 2.25. The van der Waals surface area contributed by atoms with E-state index in [1.165, 1.54) is 0 Å². The maximum atomic E-state index is 13.7. The number of fused-ring (bicyclic) bond motifs is 1. The molecule has 4 aromatic rings. The molecular formula is C25H24N2O4. The van der Waals surface area contributed by atoms with Crippen LogP contribution >= 0.6 is 0 Å². The molecule has 2 N–H and O–H groups in total. The summed E-state index contributed by atoms with van der Waals surface area (Å²) in [5, 5.41) is 4.26. The smallest absolute Gasteiger partial charge is 0.203 e. The van der Waals surface area contributed by atoms with Crippen molar-refractivity contribution in [3.05, 3.63) is 84.1 Å². The van der Waals surface area contributed by atoms with Crippen molar-refractivity contribution >= 4 is 22.4 Å². The Balaban J connectivity index is 1.78. The minimum Gasteiger partial charge on any atom is -0.493 e. The maximum Gasteiger partial charge on any atom is 0.203 e. The molecule has 6 heteroatoms. The van der Waals surface area contributed by atoms with E-state index in [2.05, 4.69) is 10.3 Å². The Hall–Kier alpha value is -3.93. The zero-order chi connectivity index (χ0) is 21.8. The van der Waals surface area contributed by atoms with Crippen molar-refractivity contribution in [3.63, 3.8) is 0 Å². The molecule has 3 aromatic carbocycles. The first-order valence-electron chi connectivity index (χ1n) is 9.88. The number of anilines is 1. The van der Waals surface area contributed by atoms with Gasteiger partial charge < -0.3 is 24.5 Å². The minimum atomic E-state index is -0.608. The summed E-state index contributed by atoms with van der Waals surface area (Å²) in [6.07, 6.45) is 1.76. The van der Waals surface area contributed by atoms with Crippen LogP contribution < -0.4 is 19.5 Å². The molecule has 0 spiro atoms. The van der Waals surface area contributed by atoms with E-state index < -0.39 is 6.04 Å². The average molecular weight is 416 g/mol. The third-order valence-corrected chi connectivity index (χ3v) is 5.23. The van der Waals surface area contributed by atoms with E-state index in [1.807, 2.05) is 54.6 Å². The molecule has 0 saturated heterocycles. The van der Waals surface area contributed by atoms with Gasteiger partial charge in [0.2, 0.25) is 5.75 Å². The van der Waals surface area contributed by atoms with Crippen molar-refractivity contribution in [1.82, 2.24) is 4.98 Å². The zero-order valence-electron chi connectivity index (χ0n) is 17.6. The lowest BCUT2D eigenvalue weighted by Gasteiger charge is -2.21. The van der Waals surface area contributed by atoms with Crippen LogP contribution in [-0.4, -0.2) is 32.1 Å². The molecule has 0 fully saturated rings. The lowest BCUT2D eigenvalue weighted by Crippen LogP contribution is -2.21. The standard InChI is InChI=1S/C25H24N2O4/c1-29-21-13-17(14-22(30-2)25(21)31-3)27-23(16-9-5-4-6-10-16)24(28)19-15-26-20-12-8-7-11-18(19)20/h4-15,23,26-27H,1-3H3. The Kier molecular flexibility index (Phi) is 5.80. The Labute approximate surface area is 180 Å². The van der Waals surface area contributed by atoms with Crippen LogP contribution in [0.15, 0.2) is 72.9 Å². The third-order valence-electron chi connectivity index (χ3n) is 5.23. The fraction of sp³-hybridized carbons (Fsp3) is 0.160. The molecule has 1 heterocycles. The van der Waals surface area contributed by atoms with Gasteiger partial charge in [-0.1, -0.05) is 48.5 Å². The number of ether oxygens (including phenoxy) is 3. The van der Waals surface area contributed by atoms with Crippen LogP contribution in [0.4, 0.5) is 5.69 Å². The second kappa shape index (κ2) is 8.83. The summed E-state index contributed by atoms with van der Waals surface area (Å²) in [4.78, 5) is 16.9. The number of carbonyl (C=O) groups excluding carboxylic acids is 1. The molecule has 158 valence electrons. The number of rotatable bonds is 8. The summed E-state index contributed by atoms with van der Waals surface area (Å²) in [7, 11) is 4.68. The highest BCUT2D eigenvalue weighted by atomic mass is 16.5. The molecule has 0 aliphatic rings. The van der Waals surface area contributed by atoms with Gasteiger partial charge in [0.15, 0.2) is 17.3 Å². The monoisotopic (exact) mass is 416 g/mol. The van der Waals surface area contributed by atoms with E-state index >= 15 is 0 Å². The van der Waals surface area contributed by atoms with Crippen LogP contribution in [0.2, 0.25) is 0 Å². The number of carbonyl (C=O) groups is 1. The van der Waals surface area contributed by atoms with E-state index in [0.717, 1.165) is 16.5 Å². The molecular weight excluding hydrogens is 392 g/mol. The van der Waals surface area contributed by atoms with Crippen molar-refractivity contribution in [2.45, 2.75) is 6.04 Å². The lowest BCUT2D eigenvalue weighted by atomic mass is 9.96. The molecule has 6 nitrogen and oxygen atoms in total. The lowest BCUT2D eigenvalue weighted by molar-refractivity contribution is 0.0971. The van der Waals surface area contributed by atoms with Gasteiger partial charge in [0.1, 0.15) is 6.04 Å². The summed E-state index contributed by atoms with van der Waals surface area (Å²) in [5.41, 5.74) is 3.08. The van der Waals surface area contributed by atoms with Crippen molar-refractivity contribution in [3.8, 4) is 17.2 Å². The minimum absolute atomic E-state index is 0.0441. The SMILES string of the molecule is COc1cc(NC(C(=O)c2c[nH]c3ccccc23)c2ccccc2)cc(OC)c1OC. The average Bonchev–Trinajstić information content (AvgIpc) is 3.26. The number of para-hydroxylation sites is 1. The highest BCUT2D eigenvalue weighted by Crippen LogP contribution is 2.41. The van der Waals surface area contributed by atoms with Gasteiger partial charge in [-0.05, 0) is 11.6 Å². The fourth-order valence-corrected chi connectivity index (χ4v) is 3.71. The zero-order valence-corrected chi connectivity index (χ0v) is 17.6. The van der Waals surface area contributed by atoms with Crippen LogP contribution in [0.25, 0.3) is 10.9 Å². The van der Waals surface area contributed by atoms with E-state index in [0.29, 0.717) is 28.5 Å². The number of aromatic amines is 1. The van der Waals surface area contributed by atoms with Crippen LogP contribution in [0.3, 0.4) is 0 Å². The Morgan fingerprint density at radius 1 is 0.871 bits per heavy atom. The van der Waals surface area contributed by atoms with E-state index in [9.17, 15) is 4.79 Å². The summed E-state index contributed by atoms with van der Waals surface area (Å²) >= 11 is 0. The number of hydrogen-bond donors (Lipinski definition) is 2. The number of hydrogen-bond acceptors (Lipinski definition) is 5. The number of benzene rings is 3. The molecule has 0 saturated carbocycles. The van der Waals surface area contributed by atoms with Crippen molar-refractivity contribution in [2.24, 2.45) is 0 Å². The molecule has 0 bridgehead atoms. The van der Waals surface area contributed by atoms with Gasteiger partial charge in [-0.2, -0.15) is 0 Å². The summed E-state index contributed by atoms with van der Waals surface area (Å²) in [6.45, 7) is 0. The Morgan fingerprint density at radius 2 is 1.52 bits per heavy atom. The van der Waals surface area contributed by atoms with E-state index in [1.54, 1.807) is 39.7 Å². The van der Waals surface area contributed by atoms with Crippen LogP contribution in [0.5, 0.6) is 17.2 Å². The topological polar surface area (TPSA) is 72.6 Å². The fourth-order valence-electron chi connectivity index (χ4n) is 3.71. The maximum absolute atomic E-state index is 13.7. The summed E-state index contributed by atoms with van der Waals surface area (Å²) < 4.78 is 16.3. The first-order valence-corrected chi connectivity index (χ1v) is 9.88. The number of nitrogens with one attached hydrogen (secondary N) is 2. The quantitative estimate of drug-likeness (QED) is 0.385. The third kappa shape index (κ3) is 3.92. The van der Waals surface area contributed by atoms with Gasteiger partial charge >= 0.3 is 0 Å². The number of H-pyrrole nitrogens is 1. The van der Waals surface area contributed by atoms with Crippen LogP contribution in [0.1, 0.15) is 22.0 Å². The Bertz CT molecular complexity index is 1180. The molecule has 1 unspecified atom stereocenters. The molecule has 1 aromatic heterocycles. The summed E-state index contributed by atoms with van der Waals surface area (Å²) in [5.74, 6) is 1.47. The largest absolute Gasteiger partial charge is 0.493 e. The normalized spacial score (nSPS) is 11.7. The molecule has 4 rings (SSSR count). The van der Waals surface area contributed by atoms with Gasteiger partial charge in [0.05, 0.1) is 21.3 Å². The first kappa shape index (κ1) is 20.3. The number of Topliss-reactive ketones (excluding diaryl/α,β-unsaturated/α-hetero) is 1. The predicted molar refractivity (Wildman–Crippen MR) is 122 cm³/mol.